The molecule has 0 saturated heterocycles. The molecule has 1 fully saturated rings. The van der Waals surface area contributed by atoms with Crippen molar-refractivity contribution < 1.29 is 9.47 Å². The molecule has 3 nitrogen and oxygen atoms in total. The zero-order valence-corrected chi connectivity index (χ0v) is 9.61. The van der Waals surface area contributed by atoms with E-state index >= 15 is 0 Å². The molecule has 0 aromatic heterocycles. The summed E-state index contributed by atoms with van der Waals surface area (Å²) in [5.74, 6) is 0. The summed E-state index contributed by atoms with van der Waals surface area (Å²) in [6.45, 7) is 2.82. The molecule has 0 aliphatic heterocycles. The van der Waals surface area contributed by atoms with Crippen molar-refractivity contribution in [1.82, 2.24) is 5.32 Å². The van der Waals surface area contributed by atoms with Gasteiger partial charge >= 0.3 is 0 Å². The second-order valence-corrected chi connectivity index (χ2v) is 4.34. The van der Waals surface area contributed by atoms with E-state index in [2.05, 4.69) is 17.5 Å². The van der Waals surface area contributed by atoms with Crippen molar-refractivity contribution in [1.29, 1.82) is 0 Å². The van der Waals surface area contributed by atoms with Crippen LogP contribution in [0, 0.1) is 0 Å². The van der Waals surface area contributed by atoms with E-state index in [1.807, 2.05) is 6.92 Å². The minimum absolute atomic E-state index is 0.241. The lowest BCUT2D eigenvalue weighted by molar-refractivity contribution is -0.132. The molecule has 2 aliphatic carbocycles. The van der Waals surface area contributed by atoms with Gasteiger partial charge in [-0.05, 0) is 26.2 Å². The van der Waals surface area contributed by atoms with E-state index in [4.69, 9.17) is 9.47 Å². The van der Waals surface area contributed by atoms with Crippen LogP contribution in [0.15, 0.2) is 12.2 Å². The fourth-order valence-electron chi connectivity index (χ4n) is 2.49. The number of hydrogen-bond donors (Lipinski definition) is 1. The third-order valence-corrected chi connectivity index (χ3v) is 3.36. The first kappa shape index (κ1) is 11.1. The van der Waals surface area contributed by atoms with Crippen molar-refractivity contribution in [3.63, 3.8) is 0 Å². The molecule has 0 radical (unpaired) electrons. The van der Waals surface area contributed by atoms with Crippen LogP contribution in [0.5, 0.6) is 0 Å². The monoisotopic (exact) mass is 211 g/mol. The molecule has 86 valence electrons. The van der Waals surface area contributed by atoms with Crippen molar-refractivity contribution in [3.8, 4) is 0 Å². The van der Waals surface area contributed by atoms with Crippen molar-refractivity contribution in [2.45, 2.75) is 50.5 Å². The van der Waals surface area contributed by atoms with Crippen molar-refractivity contribution in [3.05, 3.63) is 12.2 Å². The number of rotatable bonds is 5. The first-order valence-corrected chi connectivity index (χ1v) is 5.90. The summed E-state index contributed by atoms with van der Waals surface area (Å²) in [6, 6.07) is 1.10. The molecular weight excluding hydrogens is 190 g/mol. The van der Waals surface area contributed by atoms with E-state index in [1.165, 1.54) is 0 Å². The fourth-order valence-corrected chi connectivity index (χ4v) is 2.49. The maximum atomic E-state index is 5.60. The summed E-state index contributed by atoms with van der Waals surface area (Å²) in [5, 5.41) is 3.64. The second-order valence-electron chi connectivity index (χ2n) is 4.34. The molecule has 3 atom stereocenters. The fraction of sp³-hybridized carbons (Fsp3) is 0.833. The van der Waals surface area contributed by atoms with E-state index in [1.54, 1.807) is 7.11 Å². The molecule has 3 unspecified atom stereocenters. The van der Waals surface area contributed by atoms with E-state index < -0.39 is 0 Å². The molecule has 1 saturated carbocycles. The van der Waals surface area contributed by atoms with E-state index in [0.29, 0.717) is 18.2 Å². The second kappa shape index (κ2) is 5.10. The van der Waals surface area contributed by atoms with E-state index in [9.17, 15) is 0 Å². The quantitative estimate of drug-likeness (QED) is 0.699. The Balaban J connectivity index is 1.74. The van der Waals surface area contributed by atoms with E-state index in [0.717, 1.165) is 25.9 Å². The Bertz CT molecular complexity index is 222. The average Bonchev–Trinajstić information content (AvgIpc) is 2.69. The van der Waals surface area contributed by atoms with Gasteiger partial charge in [-0.15, -0.1) is 0 Å². The molecule has 0 aromatic carbocycles. The number of ether oxygens (including phenoxy) is 2. The van der Waals surface area contributed by atoms with Gasteiger partial charge in [0, 0.05) is 25.8 Å². The molecule has 2 aliphatic rings. The molecule has 2 rings (SSSR count). The third kappa shape index (κ3) is 2.41. The van der Waals surface area contributed by atoms with Gasteiger partial charge in [-0.3, -0.25) is 0 Å². The zero-order chi connectivity index (χ0) is 10.7. The Kier molecular flexibility index (Phi) is 3.78. The zero-order valence-electron chi connectivity index (χ0n) is 9.61. The van der Waals surface area contributed by atoms with Crippen LogP contribution in [0.25, 0.3) is 0 Å². The topological polar surface area (TPSA) is 30.5 Å². The Hall–Kier alpha value is -0.380. The minimum Gasteiger partial charge on any atom is -0.377 e. The number of methoxy groups -OCH3 is 1. The highest BCUT2D eigenvalue weighted by Gasteiger charge is 2.42. The van der Waals surface area contributed by atoms with Gasteiger partial charge in [0.15, 0.2) is 0 Å². The molecule has 1 N–H and O–H groups in total. The largest absolute Gasteiger partial charge is 0.377 e. The Morgan fingerprint density at radius 2 is 2.07 bits per heavy atom. The van der Waals surface area contributed by atoms with Crippen LogP contribution in [-0.2, 0) is 9.47 Å². The van der Waals surface area contributed by atoms with Gasteiger partial charge in [0.25, 0.3) is 0 Å². The summed E-state index contributed by atoms with van der Waals surface area (Å²) < 4.78 is 11.1. The van der Waals surface area contributed by atoms with Crippen LogP contribution in [0.3, 0.4) is 0 Å². The molecule has 0 heterocycles. The smallest absolute Gasteiger partial charge is 0.0986 e. The van der Waals surface area contributed by atoms with Gasteiger partial charge in [0.1, 0.15) is 0 Å². The lowest BCUT2D eigenvalue weighted by Gasteiger charge is -2.44. The van der Waals surface area contributed by atoms with Crippen molar-refractivity contribution in [2.24, 2.45) is 0 Å². The molecule has 0 spiro atoms. The normalized spacial score (nSPS) is 35.7. The van der Waals surface area contributed by atoms with Crippen molar-refractivity contribution >= 4 is 0 Å². The predicted molar refractivity (Wildman–Crippen MR) is 59.9 cm³/mol. The standard InChI is InChI=1S/C12H21NO2/c1-3-15-11-8-10(12(11)14-2)13-9-6-4-5-7-9/h4-5,9-13H,3,6-8H2,1-2H3. The van der Waals surface area contributed by atoms with Gasteiger partial charge in [-0.25, -0.2) is 0 Å². The predicted octanol–water partition coefficient (Wildman–Crippen LogP) is 1.49. The van der Waals surface area contributed by atoms with Gasteiger partial charge in [-0.1, -0.05) is 12.2 Å². The summed E-state index contributed by atoms with van der Waals surface area (Å²) >= 11 is 0. The van der Waals surface area contributed by atoms with Gasteiger partial charge in [-0.2, -0.15) is 0 Å². The summed E-state index contributed by atoms with van der Waals surface area (Å²) in [5.41, 5.74) is 0. The number of hydrogen-bond acceptors (Lipinski definition) is 3. The van der Waals surface area contributed by atoms with Crippen molar-refractivity contribution in [2.75, 3.05) is 13.7 Å². The molecule has 0 bridgehead atoms. The molecule has 15 heavy (non-hydrogen) atoms. The summed E-state index contributed by atoms with van der Waals surface area (Å²) in [4.78, 5) is 0. The van der Waals surface area contributed by atoms with Gasteiger partial charge in [0.05, 0.1) is 12.2 Å². The highest BCUT2D eigenvalue weighted by Crippen LogP contribution is 2.28. The minimum atomic E-state index is 0.241. The maximum Gasteiger partial charge on any atom is 0.0986 e. The van der Waals surface area contributed by atoms with Gasteiger partial charge in [0.2, 0.25) is 0 Å². The molecule has 0 aromatic rings. The average molecular weight is 211 g/mol. The molecule has 3 heteroatoms. The third-order valence-electron chi connectivity index (χ3n) is 3.36. The van der Waals surface area contributed by atoms with Crippen LogP contribution in [-0.4, -0.2) is 38.0 Å². The summed E-state index contributed by atoms with van der Waals surface area (Å²) in [6.07, 6.45) is 8.44. The maximum absolute atomic E-state index is 5.60. The summed E-state index contributed by atoms with van der Waals surface area (Å²) in [7, 11) is 1.78. The lowest BCUT2D eigenvalue weighted by Crippen LogP contribution is -2.61. The van der Waals surface area contributed by atoms with Crippen LogP contribution < -0.4 is 5.32 Å². The van der Waals surface area contributed by atoms with Crippen LogP contribution >= 0.6 is 0 Å². The Morgan fingerprint density at radius 1 is 1.33 bits per heavy atom. The number of nitrogens with one attached hydrogen (secondary N) is 1. The molecular formula is C12H21NO2. The lowest BCUT2D eigenvalue weighted by atomic mass is 9.84. The van der Waals surface area contributed by atoms with E-state index in [-0.39, 0.29) is 6.10 Å². The first-order chi connectivity index (χ1) is 7.35. The van der Waals surface area contributed by atoms with Crippen LogP contribution in [0.4, 0.5) is 0 Å². The SMILES string of the molecule is CCOC1CC(NC2CC=CC2)C1OC. The van der Waals surface area contributed by atoms with Crippen LogP contribution in [0.2, 0.25) is 0 Å². The van der Waals surface area contributed by atoms with Crippen LogP contribution in [0.1, 0.15) is 26.2 Å². The Labute approximate surface area is 91.8 Å². The molecule has 0 amide bonds. The highest BCUT2D eigenvalue weighted by atomic mass is 16.5. The first-order valence-electron chi connectivity index (χ1n) is 5.90. The highest BCUT2D eigenvalue weighted by molar-refractivity contribution is 5.03. The Morgan fingerprint density at radius 3 is 2.67 bits per heavy atom. The van der Waals surface area contributed by atoms with Gasteiger partial charge < -0.3 is 14.8 Å².